The van der Waals surface area contributed by atoms with E-state index in [1.54, 1.807) is 0 Å². The Morgan fingerprint density at radius 1 is 1.26 bits per heavy atom. The maximum Gasteiger partial charge on any atom is 0.248 e. The molecule has 0 saturated heterocycles. The van der Waals surface area contributed by atoms with Gasteiger partial charge in [0, 0.05) is 17.6 Å². The van der Waals surface area contributed by atoms with Gasteiger partial charge in [-0.2, -0.15) is 0 Å². The summed E-state index contributed by atoms with van der Waals surface area (Å²) in [5.41, 5.74) is 10.9. The second-order valence-corrected chi connectivity index (χ2v) is 6.70. The molecule has 0 heterocycles. The first-order valence-corrected chi connectivity index (χ1v) is 7.49. The molecule has 1 fully saturated rings. The summed E-state index contributed by atoms with van der Waals surface area (Å²) in [6, 6.07) is 5.48. The van der Waals surface area contributed by atoms with Crippen molar-refractivity contribution in [3.63, 3.8) is 0 Å². The summed E-state index contributed by atoms with van der Waals surface area (Å²) < 4.78 is 26.5. The van der Waals surface area contributed by atoms with Crippen LogP contribution in [-0.2, 0) is 10.0 Å². The predicted molar refractivity (Wildman–Crippen MR) is 70.9 cm³/mol. The van der Waals surface area contributed by atoms with Gasteiger partial charge in [-0.15, -0.1) is 0 Å². The van der Waals surface area contributed by atoms with Crippen LogP contribution in [0.15, 0.2) is 29.2 Å². The van der Waals surface area contributed by atoms with Crippen LogP contribution in [0, 0.1) is 0 Å². The molecule has 0 aromatic heterocycles. The summed E-state index contributed by atoms with van der Waals surface area (Å²) in [5.74, 6) is -0.590. The highest BCUT2D eigenvalue weighted by molar-refractivity contribution is 7.89. The first kappa shape index (κ1) is 14.0. The molecule has 1 saturated carbocycles. The lowest BCUT2D eigenvalue weighted by atomic mass is 9.78. The molecular weight excluding hydrogens is 266 g/mol. The lowest BCUT2D eigenvalue weighted by Crippen LogP contribution is -2.54. The summed E-state index contributed by atoms with van der Waals surface area (Å²) in [4.78, 5) is 11.0. The van der Waals surface area contributed by atoms with Gasteiger partial charge in [-0.3, -0.25) is 4.79 Å². The van der Waals surface area contributed by atoms with E-state index in [9.17, 15) is 13.2 Å². The van der Waals surface area contributed by atoms with Crippen LogP contribution in [0.4, 0.5) is 0 Å². The number of sulfonamides is 1. The Bertz CT molecular complexity index is 577. The third-order valence-electron chi connectivity index (χ3n) is 3.41. The fourth-order valence-electron chi connectivity index (χ4n) is 1.93. The van der Waals surface area contributed by atoms with Crippen molar-refractivity contribution < 1.29 is 13.2 Å². The Morgan fingerprint density at radius 3 is 2.26 bits per heavy atom. The second kappa shape index (κ2) is 4.92. The SMILES string of the molecule is NC(=O)c1ccc(S(=O)(=O)NCC2(N)CCC2)cc1. The molecule has 1 amide bonds. The fourth-order valence-corrected chi connectivity index (χ4v) is 3.07. The molecule has 0 radical (unpaired) electrons. The van der Waals surface area contributed by atoms with Crippen molar-refractivity contribution in [1.29, 1.82) is 0 Å². The molecule has 0 bridgehead atoms. The first-order valence-electron chi connectivity index (χ1n) is 6.01. The van der Waals surface area contributed by atoms with E-state index in [1.165, 1.54) is 24.3 Å². The number of carbonyl (C=O) groups is 1. The lowest BCUT2D eigenvalue weighted by Gasteiger charge is -2.37. The van der Waals surface area contributed by atoms with E-state index in [0.29, 0.717) is 0 Å². The van der Waals surface area contributed by atoms with Crippen molar-refractivity contribution in [2.75, 3.05) is 6.54 Å². The molecule has 0 atom stereocenters. The van der Waals surface area contributed by atoms with Crippen LogP contribution in [0.2, 0.25) is 0 Å². The highest BCUT2D eigenvalue weighted by Crippen LogP contribution is 2.28. The van der Waals surface area contributed by atoms with Crippen LogP contribution in [0.1, 0.15) is 29.6 Å². The lowest BCUT2D eigenvalue weighted by molar-refractivity contribution is 0.1000. The average Bonchev–Trinajstić information content (AvgIpc) is 2.34. The molecule has 19 heavy (non-hydrogen) atoms. The smallest absolute Gasteiger partial charge is 0.248 e. The number of rotatable bonds is 5. The van der Waals surface area contributed by atoms with E-state index in [-0.39, 0.29) is 17.0 Å². The number of benzene rings is 1. The van der Waals surface area contributed by atoms with Crippen LogP contribution in [0.25, 0.3) is 0 Å². The third kappa shape index (κ3) is 3.12. The molecule has 7 heteroatoms. The average molecular weight is 283 g/mol. The van der Waals surface area contributed by atoms with Gasteiger partial charge in [-0.05, 0) is 43.5 Å². The first-order chi connectivity index (χ1) is 8.82. The van der Waals surface area contributed by atoms with E-state index in [4.69, 9.17) is 11.5 Å². The van der Waals surface area contributed by atoms with Gasteiger partial charge in [0.15, 0.2) is 0 Å². The van der Waals surface area contributed by atoms with Gasteiger partial charge in [-0.1, -0.05) is 0 Å². The number of primary amides is 1. The fraction of sp³-hybridized carbons (Fsp3) is 0.417. The monoisotopic (exact) mass is 283 g/mol. The molecule has 1 aromatic carbocycles. The highest BCUT2D eigenvalue weighted by Gasteiger charge is 2.33. The minimum absolute atomic E-state index is 0.0976. The van der Waals surface area contributed by atoms with Crippen molar-refractivity contribution >= 4 is 15.9 Å². The van der Waals surface area contributed by atoms with Gasteiger partial charge in [0.25, 0.3) is 0 Å². The topological polar surface area (TPSA) is 115 Å². The summed E-state index contributed by atoms with van der Waals surface area (Å²) in [6.07, 6.45) is 2.69. The van der Waals surface area contributed by atoms with Crippen LogP contribution in [-0.4, -0.2) is 26.4 Å². The summed E-state index contributed by atoms with van der Waals surface area (Å²) in [6.45, 7) is 0.229. The maximum absolute atomic E-state index is 12.0. The van der Waals surface area contributed by atoms with Crippen molar-refractivity contribution in [3.8, 4) is 0 Å². The molecule has 1 aliphatic rings. The van der Waals surface area contributed by atoms with E-state index in [2.05, 4.69) is 4.72 Å². The van der Waals surface area contributed by atoms with E-state index < -0.39 is 21.5 Å². The Morgan fingerprint density at radius 2 is 1.84 bits per heavy atom. The number of nitrogens with two attached hydrogens (primary N) is 2. The zero-order chi connectivity index (χ0) is 14.1. The van der Waals surface area contributed by atoms with Crippen molar-refractivity contribution in [2.24, 2.45) is 11.5 Å². The summed E-state index contributed by atoms with van der Waals surface area (Å²) >= 11 is 0. The van der Waals surface area contributed by atoms with Gasteiger partial charge in [0.2, 0.25) is 15.9 Å². The number of hydrogen-bond donors (Lipinski definition) is 3. The Labute approximate surface area is 112 Å². The molecule has 1 aliphatic carbocycles. The van der Waals surface area contributed by atoms with Gasteiger partial charge in [0.1, 0.15) is 0 Å². The number of nitrogens with one attached hydrogen (secondary N) is 1. The van der Waals surface area contributed by atoms with Gasteiger partial charge < -0.3 is 11.5 Å². The zero-order valence-electron chi connectivity index (χ0n) is 10.4. The van der Waals surface area contributed by atoms with Crippen LogP contribution >= 0.6 is 0 Å². The second-order valence-electron chi connectivity index (χ2n) is 4.93. The molecule has 104 valence electrons. The van der Waals surface area contributed by atoms with E-state index in [1.807, 2.05) is 0 Å². The molecular formula is C12H17N3O3S. The number of hydrogen-bond acceptors (Lipinski definition) is 4. The van der Waals surface area contributed by atoms with Crippen LogP contribution < -0.4 is 16.2 Å². The van der Waals surface area contributed by atoms with Crippen molar-refractivity contribution in [1.82, 2.24) is 4.72 Å². The number of amides is 1. The third-order valence-corrected chi connectivity index (χ3v) is 4.83. The Hall–Kier alpha value is -1.44. The maximum atomic E-state index is 12.0. The molecule has 0 aliphatic heterocycles. The molecule has 5 N–H and O–H groups in total. The van der Waals surface area contributed by atoms with E-state index >= 15 is 0 Å². The van der Waals surface area contributed by atoms with Gasteiger partial charge in [-0.25, -0.2) is 13.1 Å². The van der Waals surface area contributed by atoms with Gasteiger partial charge >= 0.3 is 0 Å². The predicted octanol–water partition coefficient (Wildman–Crippen LogP) is -0.0548. The summed E-state index contributed by atoms with van der Waals surface area (Å²) in [7, 11) is -3.59. The quantitative estimate of drug-likeness (QED) is 0.702. The van der Waals surface area contributed by atoms with E-state index in [0.717, 1.165) is 19.3 Å². The molecule has 0 unspecified atom stereocenters. The minimum Gasteiger partial charge on any atom is -0.366 e. The normalized spacial score (nSPS) is 17.7. The zero-order valence-corrected chi connectivity index (χ0v) is 11.2. The number of carbonyl (C=O) groups excluding carboxylic acids is 1. The molecule has 1 aromatic rings. The standard InChI is InChI=1S/C12H17N3O3S/c13-11(16)9-2-4-10(5-3-9)19(17,18)15-8-12(14)6-1-7-12/h2-5,15H,1,6-8,14H2,(H2,13,16). The largest absolute Gasteiger partial charge is 0.366 e. The van der Waals surface area contributed by atoms with Crippen LogP contribution in [0.5, 0.6) is 0 Å². The minimum atomic E-state index is -3.59. The molecule has 6 nitrogen and oxygen atoms in total. The van der Waals surface area contributed by atoms with Crippen molar-refractivity contribution in [2.45, 2.75) is 29.7 Å². The summed E-state index contributed by atoms with van der Waals surface area (Å²) in [5, 5.41) is 0. The Kier molecular flexibility index (Phi) is 3.62. The van der Waals surface area contributed by atoms with Crippen LogP contribution in [0.3, 0.4) is 0 Å². The molecule has 2 rings (SSSR count). The Balaban J connectivity index is 2.08. The molecule has 0 spiro atoms. The highest BCUT2D eigenvalue weighted by atomic mass is 32.2. The van der Waals surface area contributed by atoms with Crippen molar-refractivity contribution in [3.05, 3.63) is 29.8 Å². The van der Waals surface area contributed by atoms with Gasteiger partial charge in [0.05, 0.1) is 4.90 Å².